The molecule has 0 aromatic carbocycles. The summed E-state index contributed by atoms with van der Waals surface area (Å²) in [5.41, 5.74) is 11.8. The van der Waals surface area contributed by atoms with Gasteiger partial charge in [-0.1, -0.05) is 13.8 Å². The highest BCUT2D eigenvalue weighted by Crippen LogP contribution is 2.31. The first-order chi connectivity index (χ1) is 9.51. The zero-order chi connectivity index (χ0) is 14.6. The Labute approximate surface area is 123 Å². The molecule has 0 saturated heterocycles. The van der Waals surface area contributed by atoms with Crippen LogP contribution >= 0.6 is 0 Å². The van der Waals surface area contributed by atoms with Crippen LogP contribution in [0.4, 0.5) is 0 Å². The summed E-state index contributed by atoms with van der Waals surface area (Å²) < 4.78 is 4.82. The van der Waals surface area contributed by atoms with Crippen molar-refractivity contribution in [1.29, 1.82) is 0 Å². The lowest BCUT2D eigenvalue weighted by Crippen LogP contribution is -2.28. The molecular weight excluding hydrogens is 243 g/mol. The summed E-state index contributed by atoms with van der Waals surface area (Å²) in [6.07, 6.45) is 3.31. The number of aromatic nitrogens is 2. The number of rotatable bonds is 2. The minimum Gasteiger partial charge on any atom is -0.375 e. The number of hydrogen-bond acceptors (Lipinski definition) is 0. The third kappa shape index (κ3) is 1.58. The fraction of sp³-hybridized carbons (Fsp3) is 0.529. The van der Waals surface area contributed by atoms with Crippen LogP contribution in [0, 0.1) is 27.7 Å². The highest BCUT2D eigenvalue weighted by Gasteiger charge is 2.27. The maximum Gasteiger partial charge on any atom is 0.400 e. The molecule has 0 atom stereocenters. The standard InChI is InChI=1S/C17H24BN2/c1-7-14-10(3)16-9-17-11(4)15(8-2)13(6)20(17)18-19(16)12(14)5/h7-9H2,1-6H3. The molecule has 3 heterocycles. The van der Waals surface area contributed by atoms with E-state index in [-0.39, 0.29) is 0 Å². The quantitative estimate of drug-likeness (QED) is 0.629. The van der Waals surface area contributed by atoms with E-state index in [1.165, 1.54) is 45.0 Å². The molecule has 0 N–H and O–H groups in total. The van der Waals surface area contributed by atoms with Crippen LogP contribution in [0.15, 0.2) is 0 Å². The number of hydrogen-bond donors (Lipinski definition) is 0. The van der Waals surface area contributed by atoms with Crippen LogP contribution in [0.3, 0.4) is 0 Å². The normalized spacial score (nSPS) is 13.1. The van der Waals surface area contributed by atoms with Crippen LogP contribution in [0.5, 0.6) is 0 Å². The van der Waals surface area contributed by atoms with Gasteiger partial charge in [0.2, 0.25) is 0 Å². The lowest BCUT2D eigenvalue weighted by Gasteiger charge is -2.22. The first kappa shape index (κ1) is 13.6. The Bertz CT molecular complexity index is 578. The Morgan fingerprint density at radius 3 is 1.55 bits per heavy atom. The molecule has 3 rings (SSSR count). The van der Waals surface area contributed by atoms with Crippen molar-refractivity contribution in [3.05, 3.63) is 45.0 Å². The smallest absolute Gasteiger partial charge is 0.375 e. The summed E-state index contributed by atoms with van der Waals surface area (Å²) in [6.45, 7) is 13.6. The Hall–Kier alpha value is -1.38. The molecule has 3 heteroatoms. The van der Waals surface area contributed by atoms with Crippen molar-refractivity contribution in [1.82, 2.24) is 8.96 Å². The Kier molecular flexibility index (Phi) is 3.11. The second kappa shape index (κ2) is 4.58. The lowest BCUT2D eigenvalue weighted by molar-refractivity contribution is 0.855. The molecule has 1 aliphatic rings. The summed E-state index contributed by atoms with van der Waals surface area (Å²) in [6, 6.07) is 0. The fourth-order valence-corrected chi connectivity index (χ4v) is 4.01. The van der Waals surface area contributed by atoms with Crippen molar-refractivity contribution in [2.75, 3.05) is 0 Å². The number of fused-ring (bicyclic) bond motifs is 2. The molecule has 2 aromatic rings. The van der Waals surface area contributed by atoms with Crippen molar-refractivity contribution < 1.29 is 0 Å². The van der Waals surface area contributed by atoms with Crippen LogP contribution in [0.25, 0.3) is 0 Å². The minimum absolute atomic E-state index is 1.07. The highest BCUT2D eigenvalue weighted by molar-refractivity contribution is 6.33. The van der Waals surface area contributed by atoms with Crippen LogP contribution in [0.1, 0.15) is 58.9 Å². The molecule has 0 spiro atoms. The molecule has 105 valence electrons. The van der Waals surface area contributed by atoms with Gasteiger partial charge in [0, 0.05) is 29.2 Å². The predicted octanol–water partition coefficient (Wildman–Crippen LogP) is 3.48. The SMILES string of the molecule is CCc1c(C)c2n(c1C)[B]n1c(C)c(CC)c(C)c1C2. The summed E-state index contributed by atoms with van der Waals surface area (Å²) >= 11 is 0. The van der Waals surface area contributed by atoms with Crippen molar-refractivity contribution in [3.63, 3.8) is 0 Å². The molecule has 0 aliphatic carbocycles. The van der Waals surface area contributed by atoms with Gasteiger partial charge in [-0.05, 0) is 62.8 Å². The van der Waals surface area contributed by atoms with E-state index in [1.807, 2.05) is 0 Å². The Morgan fingerprint density at radius 2 is 1.20 bits per heavy atom. The predicted molar refractivity (Wildman–Crippen MR) is 85.9 cm³/mol. The van der Waals surface area contributed by atoms with E-state index in [0.717, 1.165) is 19.3 Å². The molecule has 1 aliphatic heterocycles. The first-order valence-electron chi connectivity index (χ1n) is 7.74. The minimum atomic E-state index is 1.07. The van der Waals surface area contributed by atoms with Gasteiger partial charge in [0.15, 0.2) is 0 Å². The van der Waals surface area contributed by atoms with Gasteiger partial charge >= 0.3 is 7.55 Å². The van der Waals surface area contributed by atoms with E-state index in [1.54, 1.807) is 0 Å². The zero-order valence-electron chi connectivity index (χ0n) is 13.6. The third-order valence-corrected chi connectivity index (χ3v) is 5.22. The van der Waals surface area contributed by atoms with Gasteiger partial charge in [-0.3, -0.25) is 0 Å². The molecule has 2 nitrogen and oxygen atoms in total. The molecule has 0 bridgehead atoms. The van der Waals surface area contributed by atoms with Gasteiger partial charge in [-0.15, -0.1) is 0 Å². The average Bonchev–Trinajstić information content (AvgIpc) is 2.82. The molecule has 0 amide bonds. The van der Waals surface area contributed by atoms with E-state index in [2.05, 4.69) is 58.0 Å². The van der Waals surface area contributed by atoms with Gasteiger partial charge in [0.25, 0.3) is 0 Å². The topological polar surface area (TPSA) is 9.86 Å². The largest absolute Gasteiger partial charge is 0.400 e. The fourth-order valence-electron chi connectivity index (χ4n) is 4.01. The van der Waals surface area contributed by atoms with E-state index >= 15 is 0 Å². The zero-order valence-corrected chi connectivity index (χ0v) is 13.6. The van der Waals surface area contributed by atoms with Gasteiger partial charge in [-0.2, -0.15) is 0 Å². The van der Waals surface area contributed by atoms with Crippen molar-refractivity contribution in [3.8, 4) is 0 Å². The third-order valence-electron chi connectivity index (χ3n) is 5.22. The Balaban J connectivity index is 2.19. The van der Waals surface area contributed by atoms with Crippen LogP contribution < -0.4 is 0 Å². The summed E-state index contributed by atoms with van der Waals surface area (Å²) in [5.74, 6) is 0. The average molecular weight is 267 g/mol. The molecule has 20 heavy (non-hydrogen) atoms. The second-order valence-electron chi connectivity index (χ2n) is 6.01. The van der Waals surface area contributed by atoms with Crippen molar-refractivity contribution in [2.24, 2.45) is 0 Å². The Morgan fingerprint density at radius 1 is 0.800 bits per heavy atom. The van der Waals surface area contributed by atoms with Gasteiger partial charge < -0.3 is 8.96 Å². The van der Waals surface area contributed by atoms with E-state index in [0.29, 0.717) is 0 Å². The van der Waals surface area contributed by atoms with Crippen LogP contribution in [0.2, 0.25) is 0 Å². The second-order valence-corrected chi connectivity index (χ2v) is 6.01. The summed E-state index contributed by atoms with van der Waals surface area (Å²) in [4.78, 5) is 0. The lowest BCUT2D eigenvalue weighted by atomic mass is 9.98. The molecule has 0 unspecified atom stereocenters. The molecular formula is C17H24BN2. The maximum atomic E-state index is 2.41. The van der Waals surface area contributed by atoms with Crippen LogP contribution in [-0.4, -0.2) is 16.5 Å². The number of nitrogens with zero attached hydrogens (tertiary/aromatic N) is 2. The maximum absolute atomic E-state index is 2.41. The molecule has 0 fully saturated rings. The molecule has 1 radical (unpaired) electrons. The van der Waals surface area contributed by atoms with E-state index < -0.39 is 0 Å². The van der Waals surface area contributed by atoms with E-state index in [9.17, 15) is 0 Å². The van der Waals surface area contributed by atoms with E-state index in [4.69, 9.17) is 0 Å². The first-order valence-corrected chi connectivity index (χ1v) is 7.74. The molecule has 2 aromatic heterocycles. The van der Waals surface area contributed by atoms with Gasteiger partial charge in [-0.25, -0.2) is 0 Å². The highest BCUT2D eigenvalue weighted by atomic mass is 15.1. The van der Waals surface area contributed by atoms with Gasteiger partial charge in [0.1, 0.15) is 0 Å². The summed E-state index contributed by atoms with van der Waals surface area (Å²) in [7, 11) is 2.30. The van der Waals surface area contributed by atoms with Crippen molar-refractivity contribution in [2.45, 2.75) is 60.8 Å². The summed E-state index contributed by atoms with van der Waals surface area (Å²) in [5, 5.41) is 0. The monoisotopic (exact) mass is 267 g/mol. The van der Waals surface area contributed by atoms with Gasteiger partial charge in [0.05, 0.1) is 0 Å². The van der Waals surface area contributed by atoms with Crippen LogP contribution in [-0.2, 0) is 19.3 Å². The molecule has 0 saturated carbocycles. The van der Waals surface area contributed by atoms with Crippen molar-refractivity contribution >= 4 is 7.55 Å².